The van der Waals surface area contributed by atoms with Crippen molar-refractivity contribution < 1.29 is 17.9 Å². The van der Waals surface area contributed by atoms with E-state index in [-0.39, 0.29) is 17.6 Å². The fraction of sp³-hybridized carbons (Fsp3) is 0.571. The van der Waals surface area contributed by atoms with Crippen LogP contribution in [-0.2, 0) is 15.8 Å². The van der Waals surface area contributed by atoms with Gasteiger partial charge < -0.3 is 5.11 Å². The summed E-state index contributed by atoms with van der Waals surface area (Å²) in [6.45, 7) is 0. The molecule has 1 aromatic rings. The number of hydrogen-bond donors (Lipinski definition) is 1. The van der Waals surface area contributed by atoms with Crippen LogP contribution in [0.3, 0.4) is 0 Å². The molecule has 20 heavy (non-hydrogen) atoms. The molecule has 6 heteroatoms. The minimum absolute atomic E-state index is 0.174. The standard InChI is InChI=1S/C14H20FNO3S/c1-16(13-4-2-3-5-14(13)17)20(18,19)10-11-6-8-12(15)9-7-11/h6-9,13-14,17H,2-5,10H2,1H3. The van der Waals surface area contributed by atoms with E-state index in [9.17, 15) is 17.9 Å². The molecule has 112 valence electrons. The topological polar surface area (TPSA) is 57.6 Å². The highest BCUT2D eigenvalue weighted by atomic mass is 32.2. The molecule has 2 atom stereocenters. The number of benzene rings is 1. The molecular weight excluding hydrogens is 281 g/mol. The van der Waals surface area contributed by atoms with Crippen molar-refractivity contribution in [3.8, 4) is 0 Å². The molecule has 1 fully saturated rings. The second-order valence-corrected chi connectivity index (χ2v) is 7.35. The Hall–Kier alpha value is -0.980. The van der Waals surface area contributed by atoms with E-state index >= 15 is 0 Å². The molecule has 4 nitrogen and oxygen atoms in total. The molecule has 2 unspecified atom stereocenters. The van der Waals surface area contributed by atoms with Gasteiger partial charge in [-0.3, -0.25) is 0 Å². The van der Waals surface area contributed by atoms with Crippen molar-refractivity contribution in [1.82, 2.24) is 4.31 Å². The Morgan fingerprint density at radius 3 is 2.45 bits per heavy atom. The van der Waals surface area contributed by atoms with E-state index in [1.807, 2.05) is 0 Å². The fourth-order valence-corrected chi connectivity index (χ4v) is 4.09. The lowest BCUT2D eigenvalue weighted by molar-refractivity contribution is 0.0637. The normalized spacial score (nSPS) is 24.0. The second kappa shape index (κ2) is 6.20. The van der Waals surface area contributed by atoms with E-state index in [4.69, 9.17) is 0 Å². The van der Waals surface area contributed by atoms with Crippen LogP contribution in [0.4, 0.5) is 4.39 Å². The summed E-state index contributed by atoms with van der Waals surface area (Å²) in [6, 6.07) is 5.09. The number of nitrogens with zero attached hydrogens (tertiary/aromatic N) is 1. The number of aliphatic hydroxyl groups is 1. The van der Waals surface area contributed by atoms with Crippen LogP contribution >= 0.6 is 0 Å². The van der Waals surface area contributed by atoms with Gasteiger partial charge in [-0.15, -0.1) is 0 Å². The fourth-order valence-electron chi connectivity index (χ4n) is 2.62. The molecule has 1 N–H and O–H groups in total. The molecule has 0 amide bonds. The van der Waals surface area contributed by atoms with E-state index in [0.29, 0.717) is 18.4 Å². The van der Waals surface area contributed by atoms with Gasteiger partial charge in [-0.25, -0.2) is 12.8 Å². The summed E-state index contributed by atoms with van der Waals surface area (Å²) in [6.07, 6.45) is 2.58. The first-order valence-electron chi connectivity index (χ1n) is 6.78. The van der Waals surface area contributed by atoms with Crippen LogP contribution in [0.15, 0.2) is 24.3 Å². The average molecular weight is 301 g/mol. The van der Waals surface area contributed by atoms with E-state index in [0.717, 1.165) is 12.8 Å². The SMILES string of the molecule is CN(C1CCCCC1O)S(=O)(=O)Cc1ccc(F)cc1. The van der Waals surface area contributed by atoms with E-state index < -0.39 is 16.1 Å². The quantitative estimate of drug-likeness (QED) is 0.924. The first-order chi connectivity index (χ1) is 9.40. The number of likely N-dealkylation sites (N-methyl/N-ethyl adjacent to an activating group) is 1. The van der Waals surface area contributed by atoms with Crippen molar-refractivity contribution in [2.75, 3.05) is 7.05 Å². The maximum atomic E-state index is 12.8. The van der Waals surface area contributed by atoms with Crippen LogP contribution in [0.5, 0.6) is 0 Å². The van der Waals surface area contributed by atoms with Crippen LogP contribution in [0.25, 0.3) is 0 Å². The van der Waals surface area contributed by atoms with Gasteiger partial charge in [0.1, 0.15) is 5.82 Å². The molecule has 0 saturated heterocycles. The van der Waals surface area contributed by atoms with Gasteiger partial charge in [0, 0.05) is 7.05 Å². The van der Waals surface area contributed by atoms with Gasteiger partial charge in [-0.2, -0.15) is 4.31 Å². The van der Waals surface area contributed by atoms with Crippen LogP contribution < -0.4 is 0 Å². The second-order valence-electron chi connectivity index (χ2n) is 5.32. The molecule has 1 saturated carbocycles. The molecule has 1 aliphatic carbocycles. The Balaban J connectivity index is 2.10. The molecule has 0 radical (unpaired) electrons. The lowest BCUT2D eigenvalue weighted by Crippen LogP contribution is -2.46. The highest BCUT2D eigenvalue weighted by Gasteiger charge is 2.33. The third-order valence-electron chi connectivity index (χ3n) is 3.86. The molecule has 0 aromatic heterocycles. The molecule has 2 rings (SSSR count). The maximum Gasteiger partial charge on any atom is 0.218 e. The molecule has 0 heterocycles. The van der Waals surface area contributed by atoms with Gasteiger partial charge in [0.05, 0.1) is 17.9 Å². The summed E-state index contributed by atoms with van der Waals surface area (Å²) >= 11 is 0. The van der Waals surface area contributed by atoms with Gasteiger partial charge >= 0.3 is 0 Å². The molecule has 0 aliphatic heterocycles. The first kappa shape index (κ1) is 15.4. The Morgan fingerprint density at radius 1 is 1.25 bits per heavy atom. The van der Waals surface area contributed by atoms with Crippen molar-refractivity contribution >= 4 is 10.0 Å². The molecule has 0 spiro atoms. The number of aliphatic hydroxyl groups excluding tert-OH is 1. The largest absolute Gasteiger partial charge is 0.391 e. The van der Waals surface area contributed by atoms with Crippen LogP contribution in [0.1, 0.15) is 31.2 Å². The van der Waals surface area contributed by atoms with Crippen LogP contribution in [0, 0.1) is 5.82 Å². The van der Waals surface area contributed by atoms with Crippen molar-refractivity contribution in [3.05, 3.63) is 35.6 Å². The summed E-state index contributed by atoms with van der Waals surface area (Å²) in [5.74, 6) is -0.560. The monoisotopic (exact) mass is 301 g/mol. The predicted octanol–water partition coefficient (Wildman–Crippen LogP) is 1.89. The minimum atomic E-state index is -3.51. The van der Waals surface area contributed by atoms with Gasteiger partial charge in [-0.1, -0.05) is 25.0 Å². The number of halogens is 1. The van der Waals surface area contributed by atoms with E-state index in [1.54, 1.807) is 0 Å². The third kappa shape index (κ3) is 3.56. The number of sulfonamides is 1. The van der Waals surface area contributed by atoms with Crippen molar-refractivity contribution in [1.29, 1.82) is 0 Å². The molecule has 0 bridgehead atoms. The summed E-state index contributed by atoms with van der Waals surface area (Å²) in [7, 11) is -2.00. The first-order valence-corrected chi connectivity index (χ1v) is 8.39. The minimum Gasteiger partial charge on any atom is -0.391 e. The van der Waals surface area contributed by atoms with Gasteiger partial charge in [0.25, 0.3) is 0 Å². The smallest absolute Gasteiger partial charge is 0.218 e. The molecule has 1 aliphatic rings. The van der Waals surface area contributed by atoms with Crippen LogP contribution in [0.2, 0.25) is 0 Å². The Morgan fingerprint density at radius 2 is 1.85 bits per heavy atom. The zero-order valence-corrected chi connectivity index (χ0v) is 12.3. The van der Waals surface area contributed by atoms with Crippen molar-refractivity contribution in [3.63, 3.8) is 0 Å². The van der Waals surface area contributed by atoms with Crippen molar-refractivity contribution in [2.45, 2.75) is 43.6 Å². The average Bonchev–Trinajstić information content (AvgIpc) is 2.41. The zero-order chi connectivity index (χ0) is 14.8. The summed E-state index contributed by atoms with van der Waals surface area (Å²) in [5.41, 5.74) is 0.545. The molecule has 1 aromatic carbocycles. The lowest BCUT2D eigenvalue weighted by Gasteiger charge is -2.34. The van der Waals surface area contributed by atoms with Gasteiger partial charge in [0.2, 0.25) is 10.0 Å². The zero-order valence-electron chi connectivity index (χ0n) is 11.5. The Kier molecular flexibility index (Phi) is 4.78. The summed E-state index contributed by atoms with van der Waals surface area (Å²) < 4.78 is 38.8. The highest BCUT2D eigenvalue weighted by Crippen LogP contribution is 2.25. The number of hydrogen-bond acceptors (Lipinski definition) is 3. The maximum absolute atomic E-state index is 12.8. The third-order valence-corrected chi connectivity index (χ3v) is 5.71. The van der Waals surface area contributed by atoms with Gasteiger partial charge in [-0.05, 0) is 30.5 Å². The Bertz CT molecular complexity index is 544. The lowest BCUT2D eigenvalue weighted by atomic mass is 9.93. The van der Waals surface area contributed by atoms with E-state index in [2.05, 4.69) is 0 Å². The van der Waals surface area contributed by atoms with E-state index in [1.165, 1.54) is 35.6 Å². The predicted molar refractivity (Wildman–Crippen MR) is 75.0 cm³/mol. The van der Waals surface area contributed by atoms with Crippen LogP contribution in [-0.4, -0.2) is 37.0 Å². The van der Waals surface area contributed by atoms with Crippen molar-refractivity contribution in [2.24, 2.45) is 0 Å². The number of rotatable bonds is 4. The summed E-state index contributed by atoms with van der Waals surface area (Å²) in [5, 5.41) is 9.95. The summed E-state index contributed by atoms with van der Waals surface area (Å²) in [4.78, 5) is 0. The Labute approximate surface area is 119 Å². The molecular formula is C14H20FNO3S. The van der Waals surface area contributed by atoms with Gasteiger partial charge in [0.15, 0.2) is 0 Å². The highest BCUT2D eigenvalue weighted by molar-refractivity contribution is 7.88.